The molecule has 132 valence electrons. The summed E-state index contributed by atoms with van der Waals surface area (Å²) in [4.78, 5) is 25.0. The van der Waals surface area contributed by atoms with E-state index >= 15 is 0 Å². The predicted molar refractivity (Wildman–Crippen MR) is 98.3 cm³/mol. The number of amides is 2. The van der Waals surface area contributed by atoms with E-state index in [0.29, 0.717) is 22.1 Å². The highest BCUT2D eigenvalue weighted by Crippen LogP contribution is 2.22. The maximum atomic E-state index is 12.1. The van der Waals surface area contributed by atoms with Crippen LogP contribution >= 0.6 is 11.6 Å². The number of anilines is 2. The summed E-state index contributed by atoms with van der Waals surface area (Å²) < 4.78 is 5.20. The van der Waals surface area contributed by atoms with E-state index < -0.39 is 0 Å². The van der Waals surface area contributed by atoms with Crippen LogP contribution in [0.25, 0.3) is 0 Å². The molecule has 0 radical (unpaired) electrons. The number of hydrogen-bond donors (Lipinski definition) is 3. The van der Waals surface area contributed by atoms with Crippen LogP contribution in [-0.4, -0.2) is 39.1 Å². The first-order valence-corrected chi connectivity index (χ1v) is 8.16. The maximum absolute atomic E-state index is 12.1. The monoisotopic (exact) mass is 362 g/mol. The molecule has 2 aromatic rings. The highest BCUT2D eigenvalue weighted by molar-refractivity contribution is 6.33. The summed E-state index contributed by atoms with van der Waals surface area (Å²) in [5.74, 6) is 0.174. The molecule has 0 saturated heterocycles. The molecule has 0 saturated carbocycles. The molecule has 0 aliphatic heterocycles. The van der Waals surface area contributed by atoms with Crippen molar-refractivity contribution >= 4 is 34.8 Å². The number of ether oxygens (including phenoxy) is 1. The van der Waals surface area contributed by atoms with Gasteiger partial charge in [-0.05, 0) is 24.3 Å². The Bertz CT molecular complexity index is 752. The van der Waals surface area contributed by atoms with Crippen LogP contribution in [0.2, 0.25) is 5.02 Å². The molecule has 0 bridgehead atoms. The van der Waals surface area contributed by atoms with Gasteiger partial charge in [0.25, 0.3) is 11.8 Å². The van der Waals surface area contributed by atoms with E-state index in [1.165, 1.54) is 0 Å². The Kier molecular flexibility index (Phi) is 6.80. The number of hydrogen-bond acceptors (Lipinski definition) is 3. The lowest BCUT2D eigenvalue weighted by molar-refractivity contribution is -0.862. The van der Waals surface area contributed by atoms with Crippen LogP contribution in [0.5, 0.6) is 5.75 Å². The van der Waals surface area contributed by atoms with Crippen LogP contribution in [0.1, 0.15) is 0 Å². The summed E-state index contributed by atoms with van der Waals surface area (Å²) in [6.45, 7) is 0.290. The summed E-state index contributed by atoms with van der Waals surface area (Å²) in [7, 11) is 3.31. The zero-order valence-corrected chi connectivity index (χ0v) is 14.9. The second-order valence-corrected chi connectivity index (χ2v) is 5.99. The van der Waals surface area contributed by atoms with E-state index in [1.54, 1.807) is 50.6 Å². The second-order valence-electron chi connectivity index (χ2n) is 5.59. The van der Waals surface area contributed by atoms with Gasteiger partial charge in [-0.3, -0.25) is 9.59 Å². The highest BCUT2D eigenvalue weighted by atomic mass is 35.5. The minimum Gasteiger partial charge on any atom is -0.495 e. The molecule has 0 aliphatic carbocycles. The molecule has 1 atom stereocenters. The fourth-order valence-electron chi connectivity index (χ4n) is 2.31. The molecule has 0 aromatic heterocycles. The number of para-hydroxylation sites is 3. The summed E-state index contributed by atoms with van der Waals surface area (Å²) in [6.07, 6.45) is 0. The van der Waals surface area contributed by atoms with Gasteiger partial charge in [-0.15, -0.1) is 0 Å². The van der Waals surface area contributed by atoms with Gasteiger partial charge in [0.2, 0.25) is 0 Å². The van der Waals surface area contributed by atoms with Gasteiger partial charge < -0.3 is 20.3 Å². The Labute approximate surface area is 151 Å². The molecule has 2 amide bonds. The molecule has 0 fully saturated rings. The molecule has 7 heteroatoms. The fourth-order valence-corrected chi connectivity index (χ4v) is 2.49. The number of likely N-dealkylation sites (N-methyl/N-ethyl adjacent to an activating group) is 1. The van der Waals surface area contributed by atoms with Crippen molar-refractivity contribution in [2.24, 2.45) is 0 Å². The number of nitrogens with one attached hydrogen (secondary N) is 3. The third-order valence-electron chi connectivity index (χ3n) is 3.45. The Morgan fingerprint density at radius 2 is 1.48 bits per heavy atom. The minimum absolute atomic E-state index is 0.143. The number of rotatable bonds is 7. The number of quaternary nitrogens is 1. The quantitative estimate of drug-likeness (QED) is 0.698. The van der Waals surface area contributed by atoms with Gasteiger partial charge in [0.05, 0.1) is 30.6 Å². The zero-order chi connectivity index (χ0) is 18.2. The average Bonchev–Trinajstić information content (AvgIpc) is 2.57. The van der Waals surface area contributed by atoms with Crippen LogP contribution in [-0.2, 0) is 9.59 Å². The smallest absolute Gasteiger partial charge is 0.279 e. The van der Waals surface area contributed by atoms with Crippen molar-refractivity contribution in [2.45, 2.75) is 0 Å². The summed E-state index contributed by atoms with van der Waals surface area (Å²) in [5.41, 5.74) is 1.16. The molecule has 2 aromatic carbocycles. The first kappa shape index (κ1) is 18.8. The van der Waals surface area contributed by atoms with Crippen molar-refractivity contribution in [3.63, 3.8) is 0 Å². The van der Waals surface area contributed by atoms with Gasteiger partial charge >= 0.3 is 0 Å². The van der Waals surface area contributed by atoms with Crippen molar-refractivity contribution in [1.29, 1.82) is 0 Å². The van der Waals surface area contributed by atoms with E-state index in [-0.39, 0.29) is 24.9 Å². The molecule has 0 aliphatic rings. The number of carbonyl (C=O) groups excluding carboxylic acids is 2. The van der Waals surface area contributed by atoms with Gasteiger partial charge in [-0.1, -0.05) is 35.9 Å². The number of carbonyl (C=O) groups is 2. The lowest BCUT2D eigenvalue weighted by Crippen LogP contribution is -3.11. The summed E-state index contributed by atoms with van der Waals surface area (Å²) >= 11 is 6.01. The minimum atomic E-state index is -0.212. The number of methoxy groups -OCH3 is 1. The van der Waals surface area contributed by atoms with Crippen LogP contribution < -0.4 is 20.3 Å². The Morgan fingerprint density at radius 1 is 0.960 bits per heavy atom. The van der Waals surface area contributed by atoms with Gasteiger partial charge in [-0.25, -0.2) is 0 Å². The van der Waals surface area contributed by atoms with Crippen LogP contribution in [0, 0.1) is 0 Å². The second kappa shape index (κ2) is 9.05. The van der Waals surface area contributed by atoms with Crippen molar-refractivity contribution in [1.82, 2.24) is 0 Å². The van der Waals surface area contributed by atoms with E-state index in [1.807, 2.05) is 12.1 Å². The maximum Gasteiger partial charge on any atom is 0.279 e. The van der Waals surface area contributed by atoms with E-state index in [9.17, 15) is 9.59 Å². The molecular weight excluding hydrogens is 342 g/mol. The number of halogens is 1. The van der Waals surface area contributed by atoms with Crippen molar-refractivity contribution in [2.75, 3.05) is 37.9 Å². The Hall–Kier alpha value is -2.57. The molecule has 25 heavy (non-hydrogen) atoms. The van der Waals surface area contributed by atoms with Crippen LogP contribution in [0.3, 0.4) is 0 Å². The highest BCUT2D eigenvalue weighted by Gasteiger charge is 2.16. The van der Waals surface area contributed by atoms with Crippen LogP contribution in [0.15, 0.2) is 48.5 Å². The van der Waals surface area contributed by atoms with Crippen LogP contribution in [0.4, 0.5) is 11.4 Å². The lowest BCUT2D eigenvalue weighted by atomic mass is 10.3. The average molecular weight is 363 g/mol. The van der Waals surface area contributed by atoms with E-state index in [4.69, 9.17) is 16.3 Å². The third-order valence-corrected chi connectivity index (χ3v) is 3.78. The molecule has 3 N–H and O–H groups in total. The molecule has 6 nitrogen and oxygen atoms in total. The predicted octanol–water partition coefficient (Wildman–Crippen LogP) is 1.44. The summed E-state index contributed by atoms with van der Waals surface area (Å²) in [6, 6.07) is 14.2. The lowest BCUT2D eigenvalue weighted by Gasteiger charge is -2.15. The molecule has 0 spiro atoms. The largest absolute Gasteiger partial charge is 0.495 e. The fraction of sp³-hybridized carbons (Fsp3) is 0.222. The third kappa shape index (κ3) is 5.77. The van der Waals surface area contributed by atoms with Gasteiger partial charge in [-0.2, -0.15) is 0 Å². The number of benzene rings is 2. The van der Waals surface area contributed by atoms with Crippen molar-refractivity contribution in [3.05, 3.63) is 53.6 Å². The van der Waals surface area contributed by atoms with Crippen molar-refractivity contribution < 1.29 is 19.2 Å². The zero-order valence-electron chi connectivity index (χ0n) is 14.1. The SMILES string of the molecule is COc1ccccc1NC(=O)C[NH+](C)CC(=O)Nc1ccccc1Cl. The normalized spacial score (nSPS) is 11.5. The Balaban J connectivity index is 1.85. The first-order valence-electron chi connectivity index (χ1n) is 7.78. The van der Waals surface area contributed by atoms with Gasteiger partial charge in [0.15, 0.2) is 13.1 Å². The molecule has 2 rings (SSSR count). The molecule has 0 heterocycles. The first-order chi connectivity index (χ1) is 12.0. The van der Waals surface area contributed by atoms with Gasteiger partial charge in [0.1, 0.15) is 5.75 Å². The molecule has 1 unspecified atom stereocenters. The van der Waals surface area contributed by atoms with E-state index in [0.717, 1.165) is 4.90 Å². The topological polar surface area (TPSA) is 71.9 Å². The van der Waals surface area contributed by atoms with Crippen molar-refractivity contribution in [3.8, 4) is 5.75 Å². The standard InChI is InChI=1S/C18H20ClN3O3/c1-22(11-17(23)20-14-8-4-3-7-13(14)19)12-18(24)21-15-9-5-6-10-16(15)25-2/h3-10H,11-12H2,1-2H3,(H,20,23)(H,21,24)/p+1. The molecular formula is C18H21ClN3O3+. The Morgan fingerprint density at radius 3 is 2.08 bits per heavy atom. The van der Waals surface area contributed by atoms with E-state index in [2.05, 4.69) is 10.6 Å². The summed E-state index contributed by atoms with van der Waals surface area (Å²) in [5, 5.41) is 6.00. The van der Waals surface area contributed by atoms with Gasteiger partial charge in [0, 0.05) is 0 Å².